The van der Waals surface area contributed by atoms with E-state index in [2.05, 4.69) is 15.2 Å². The van der Waals surface area contributed by atoms with Gasteiger partial charge in [-0.3, -0.25) is 14.5 Å². The molecule has 1 N–H and O–H groups in total. The zero-order valence-corrected chi connectivity index (χ0v) is 15.4. The van der Waals surface area contributed by atoms with Crippen molar-refractivity contribution in [2.75, 3.05) is 31.5 Å². The minimum absolute atomic E-state index is 0.0668. The normalized spacial score (nSPS) is 16.5. The molecule has 0 aromatic carbocycles. The predicted octanol–water partition coefficient (Wildman–Crippen LogP) is 2.58. The highest BCUT2D eigenvalue weighted by Gasteiger charge is 2.28. The molecule has 0 radical (unpaired) electrons. The molecule has 3 rings (SSSR count). The zero-order valence-electron chi connectivity index (χ0n) is 13.8. The van der Waals surface area contributed by atoms with Gasteiger partial charge in [-0.1, -0.05) is 17.7 Å². The van der Waals surface area contributed by atoms with Crippen LogP contribution in [0.3, 0.4) is 0 Å². The van der Waals surface area contributed by atoms with Gasteiger partial charge in [0.1, 0.15) is 5.82 Å². The first-order valence-corrected chi connectivity index (χ1v) is 9.29. The molecule has 1 saturated heterocycles. The molecule has 1 fully saturated rings. The Morgan fingerprint density at radius 3 is 2.60 bits per heavy atom. The number of nitrogens with zero attached hydrogens (tertiary/aromatic N) is 3. The highest BCUT2D eigenvalue weighted by atomic mass is 35.5. The lowest BCUT2D eigenvalue weighted by atomic mass is 10.2. The predicted molar refractivity (Wildman–Crippen MR) is 99.1 cm³/mol. The number of hydrogen-bond donors (Lipinski definition) is 1. The monoisotopic (exact) mass is 378 g/mol. The van der Waals surface area contributed by atoms with Gasteiger partial charge in [0.05, 0.1) is 15.9 Å². The summed E-state index contributed by atoms with van der Waals surface area (Å²) in [6.07, 6.45) is 1.50. The van der Waals surface area contributed by atoms with E-state index in [4.69, 9.17) is 11.6 Å². The molecule has 8 heteroatoms. The smallest absolute Gasteiger partial charge is 0.264 e. The van der Waals surface area contributed by atoms with Crippen LogP contribution in [0.25, 0.3) is 0 Å². The molecule has 1 aliphatic heterocycles. The summed E-state index contributed by atoms with van der Waals surface area (Å²) < 4.78 is 0. The fourth-order valence-corrected chi connectivity index (χ4v) is 3.52. The average Bonchev–Trinajstić information content (AvgIpc) is 3.17. The number of amides is 2. The molecule has 0 spiro atoms. The van der Waals surface area contributed by atoms with Crippen molar-refractivity contribution in [2.24, 2.45) is 0 Å². The van der Waals surface area contributed by atoms with Crippen molar-refractivity contribution in [1.29, 1.82) is 0 Å². The van der Waals surface area contributed by atoms with E-state index in [-0.39, 0.29) is 17.9 Å². The first kappa shape index (κ1) is 17.8. The maximum absolute atomic E-state index is 12.4. The van der Waals surface area contributed by atoms with Crippen molar-refractivity contribution in [3.63, 3.8) is 0 Å². The number of hydrogen-bond acceptors (Lipinski definition) is 5. The second kappa shape index (κ2) is 7.95. The quantitative estimate of drug-likeness (QED) is 0.888. The van der Waals surface area contributed by atoms with Crippen LogP contribution >= 0.6 is 22.9 Å². The second-order valence-corrected chi connectivity index (χ2v) is 7.22. The maximum atomic E-state index is 12.4. The number of rotatable bonds is 4. The van der Waals surface area contributed by atoms with Gasteiger partial charge in [-0.15, -0.1) is 11.3 Å². The summed E-state index contributed by atoms with van der Waals surface area (Å²) in [5.74, 6) is 0.428. The number of halogens is 1. The number of aromatic nitrogens is 1. The summed E-state index contributed by atoms with van der Waals surface area (Å²) in [4.78, 5) is 33.5. The van der Waals surface area contributed by atoms with Gasteiger partial charge in [-0.2, -0.15) is 0 Å². The van der Waals surface area contributed by atoms with E-state index in [0.29, 0.717) is 37.0 Å². The van der Waals surface area contributed by atoms with E-state index in [0.717, 1.165) is 4.88 Å². The molecule has 1 unspecified atom stereocenters. The van der Waals surface area contributed by atoms with Crippen LogP contribution in [0.4, 0.5) is 5.82 Å². The second-order valence-electron chi connectivity index (χ2n) is 5.83. The Kier molecular flexibility index (Phi) is 5.67. The van der Waals surface area contributed by atoms with E-state index in [1.54, 1.807) is 12.1 Å². The minimum atomic E-state index is -0.295. The summed E-state index contributed by atoms with van der Waals surface area (Å²) in [7, 11) is 0. The van der Waals surface area contributed by atoms with Crippen LogP contribution in [0.1, 0.15) is 16.6 Å². The molecule has 25 heavy (non-hydrogen) atoms. The van der Waals surface area contributed by atoms with Crippen molar-refractivity contribution >= 4 is 40.6 Å². The lowest BCUT2D eigenvalue weighted by Crippen LogP contribution is -2.54. The number of carbonyl (C=O) groups excluding carboxylic acids is 2. The van der Waals surface area contributed by atoms with Gasteiger partial charge in [0.15, 0.2) is 0 Å². The van der Waals surface area contributed by atoms with Crippen molar-refractivity contribution in [1.82, 2.24) is 14.8 Å². The summed E-state index contributed by atoms with van der Waals surface area (Å²) in [6.45, 7) is 4.43. The van der Waals surface area contributed by atoms with E-state index in [1.807, 2.05) is 29.3 Å². The van der Waals surface area contributed by atoms with E-state index < -0.39 is 0 Å². The van der Waals surface area contributed by atoms with Gasteiger partial charge in [-0.25, -0.2) is 4.98 Å². The molecule has 2 aromatic rings. The minimum Gasteiger partial charge on any atom is -0.335 e. The van der Waals surface area contributed by atoms with Gasteiger partial charge >= 0.3 is 0 Å². The largest absolute Gasteiger partial charge is 0.335 e. The van der Waals surface area contributed by atoms with Crippen LogP contribution in [-0.4, -0.2) is 58.8 Å². The summed E-state index contributed by atoms with van der Waals surface area (Å²) in [5.41, 5.74) is 0. The van der Waals surface area contributed by atoms with Crippen LogP contribution in [0.2, 0.25) is 5.02 Å². The number of carbonyl (C=O) groups is 2. The fourth-order valence-electron chi connectivity index (χ4n) is 2.71. The molecule has 1 aliphatic rings. The fraction of sp³-hybridized carbons (Fsp3) is 0.353. The Hall–Kier alpha value is -1.96. The maximum Gasteiger partial charge on any atom is 0.264 e. The standard InChI is InChI=1S/C17H19ClN4O2S/c1-12(16(23)20-15-5-4-13(18)11-19-15)21-6-8-22(9-7-21)17(24)14-3-2-10-25-14/h2-5,10-12H,6-9H2,1H3,(H,19,20,23). The van der Waals surface area contributed by atoms with Crippen molar-refractivity contribution in [3.05, 3.63) is 45.7 Å². The van der Waals surface area contributed by atoms with Crippen LogP contribution < -0.4 is 5.32 Å². The number of anilines is 1. The molecule has 2 aromatic heterocycles. The molecular formula is C17H19ClN4O2S. The Bertz CT molecular complexity index is 728. The molecule has 6 nitrogen and oxygen atoms in total. The van der Waals surface area contributed by atoms with Gasteiger partial charge in [0.25, 0.3) is 5.91 Å². The SMILES string of the molecule is CC(C(=O)Nc1ccc(Cl)cn1)N1CCN(C(=O)c2cccs2)CC1. The van der Waals surface area contributed by atoms with Crippen LogP contribution in [-0.2, 0) is 4.79 Å². The van der Waals surface area contributed by atoms with Gasteiger partial charge in [0.2, 0.25) is 5.91 Å². The molecule has 1 atom stereocenters. The summed E-state index contributed by atoms with van der Waals surface area (Å²) >= 11 is 7.25. The van der Waals surface area contributed by atoms with Gasteiger partial charge < -0.3 is 10.2 Å². The molecular weight excluding hydrogens is 360 g/mol. The highest BCUT2D eigenvalue weighted by molar-refractivity contribution is 7.12. The molecule has 0 saturated carbocycles. The topological polar surface area (TPSA) is 65.5 Å². The summed E-state index contributed by atoms with van der Waals surface area (Å²) in [6, 6.07) is 6.78. The van der Waals surface area contributed by atoms with Crippen LogP contribution in [0.15, 0.2) is 35.8 Å². The number of nitrogens with one attached hydrogen (secondary N) is 1. The van der Waals surface area contributed by atoms with Crippen LogP contribution in [0.5, 0.6) is 0 Å². The Balaban J connectivity index is 1.52. The lowest BCUT2D eigenvalue weighted by Gasteiger charge is -2.37. The van der Waals surface area contributed by atoms with Crippen LogP contribution in [0, 0.1) is 0 Å². The van der Waals surface area contributed by atoms with Crippen molar-refractivity contribution < 1.29 is 9.59 Å². The Morgan fingerprint density at radius 1 is 1.24 bits per heavy atom. The van der Waals surface area contributed by atoms with Crippen molar-refractivity contribution in [2.45, 2.75) is 13.0 Å². The third-order valence-corrected chi connectivity index (χ3v) is 5.32. The lowest BCUT2D eigenvalue weighted by molar-refractivity contribution is -0.121. The third-order valence-electron chi connectivity index (χ3n) is 4.24. The molecule has 3 heterocycles. The van der Waals surface area contributed by atoms with E-state index in [1.165, 1.54) is 17.5 Å². The molecule has 0 aliphatic carbocycles. The van der Waals surface area contributed by atoms with Gasteiger partial charge in [0, 0.05) is 32.4 Å². The first-order chi connectivity index (χ1) is 12.0. The molecule has 0 bridgehead atoms. The first-order valence-electron chi connectivity index (χ1n) is 8.04. The zero-order chi connectivity index (χ0) is 17.8. The van der Waals surface area contributed by atoms with Gasteiger partial charge in [-0.05, 0) is 30.5 Å². The number of piperazine rings is 1. The highest BCUT2D eigenvalue weighted by Crippen LogP contribution is 2.16. The molecule has 2 amide bonds. The number of thiophene rings is 1. The van der Waals surface area contributed by atoms with E-state index in [9.17, 15) is 9.59 Å². The summed E-state index contributed by atoms with van der Waals surface area (Å²) in [5, 5.41) is 5.22. The third kappa shape index (κ3) is 4.36. The average molecular weight is 379 g/mol. The van der Waals surface area contributed by atoms with E-state index >= 15 is 0 Å². The number of pyridine rings is 1. The van der Waals surface area contributed by atoms with Crippen molar-refractivity contribution in [3.8, 4) is 0 Å². The Labute approximate surface area is 155 Å². The molecule has 132 valence electrons. The Morgan fingerprint density at radius 2 is 2.00 bits per heavy atom.